The average Bonchev–Trinajstić information content (AvgIpc) is 2.94. The van der Waals surface area contributed by atoms with E-state index in [1.165, 1.54) is 0 Å². The number of rotatable bonds is 6. The Kier molecular flexibility index (Phi) is 4.98. The number of nitrogens with zero attached hydrogens (tertiary/aromatic N) is 1. The van der Waals surface area contributed by atoms with E-state index in [4.69, 9.17) is 9.84 Å². The molecule has 1 aromatic rings. The van der Waals surface area contributed by atoms with Crippen LogP contribution >= 0.6 is 0 Å². The fourth-order valence-corrected chi connectivity index (χ4v) is 2.28. The molecular formula is C15H19NO4. The monoisotopic (exact) mass is 277 g/mol. The molecule has 5 nitrogen and oxygen atoms in total. The Labute approximate surface area is 118 Å². The topological polar surface area (TPSA) is 66.8 Å². The molecule has 1 N–H and O–H groups in total. The molecule has 1 aliphatic heterocycles. The second-order valence-electron chi connectivity index (χ2n) is 4.93. The largest absolute Gasteiger partial charge is 0.494 e. The highest BCUT2D eigenvalue weighted by atomic mass is 16.5. The minimum Gasteiger partial charge on any atom is -0.494 e. The van der Waals surface area contributed by atoms with Crippen molar-refractivity contribution in [3.8, 4) is 5.75 Å². The number of carboxylic acids is 1. The maximum Gasteiger partial charge on any atom is 0.308 e. The number of carbonyl (C=O) groups excluding carboxylic acids is 1. The molecule has 1 fully saturated rings. The lowest BCUT2D eigenvalue weighted by Gasteiger charge is -2.15. The van der Waals surface area contributed by atoms with Crippen LogP contribution in [0.1, 0.15) is 19.3 Å². The molecule has 1 saturated heterocycles. The highest BCUT2D eigenvalue weighted by Crippen LogP contribution is 2.17. The molecule has 2 rings (SSSR count). The lowest BCUT2D eigenvalue weighted by atomic mass is 10.1. The van der Waals surface area contributed by atoms with Crippen molar-refractivity contribution >= 4 is 11.9 Å². The summed E-state index contributed by atoms with van der Waals surface area (Å²) in [6.45, 7) is 1.38. The van der Waals surface area contributed by atoms with Crippen LogP contribution in [0.2, 0.25) is 0 Å². The molecule has 0 spiro atoms. The van der Waals surface area contributed by atoms with Gasteiger partial charge in [-0.15, -0.1) is 0 Å². The standard InChI is InChI=1S/C15H19NO4/c17-14(16-9-8-12(11-16)15(18)19)7-4-10-20-13-5-2-1-3-6-13/h1-3,5-6,12H,4,7-11H2,(H,18,19). The first-order valence-corrected chi connectivity index (χ1v) is 6.85. The van der Waals surface area contributed by atoms with Crippen molar-refractivity contribution in [1.82, 2.24) is 4.90 Å². The molecule has 0 aromatic heterocycles. The van der Waals surface area contributed by atoms with Crippen molar-refractivity contribution in [2.75, 3.05) is 19.7 Å². The number of likely N-dealkylation sites (tertiary alicyclic amines) is 1. The Morgan fingerprint density at radius 2 is 2.05 bits per heavy atom. The zero-order valence-corrected chi connectivity index (χ0v) is 11.3. The average molecular weight is 277 g/mol. The van der Waals surface area contributed by atoms with Gasteiger partial charge < -0.3 is 14.7 Å². The first-order valence-electron chi connectivity index (χ1n) is 6.85. The number of carbonyl (C=O) groups is 2. The van der Waals surface area contributed by atoms with Crippen LogP contribution in [0.5, 0.6) is 5.75 Å². The molecule has 0 saturated carbocycles. The van der Waals surface area contributed by atoms with E-state index in [9.17, 15) is 9.59 Å². The minimum absolute atomic E-state index is 0.0189. The summed E-state index contributed by atoms with van der Waals surface area (Å²) in [5.74, 6) is -0.398. The molecule has 108 valence electrons. The molecule has 1 amide bonds. The van der Waals surface area contributed by atoms with E-state index in [1.54, 1.807) is 4.90 Å². The Bertz CT molecular complexity index is 460. The van der Waals surface area contributed by atoms with E-state index < -0.39 is 11.9 Å². The summed E-state index contributed by atoms with van der Waals surface area (Å²) in [4.78, 5) is 24.4. The third-order valence-corrected chi connectivity index (χ3v) is 3.44. The molecule has 0 radical (unpaired) electrons. The smallest absolute Gasteiger partial charge is 0.308 e. The number of para-hydroxylation sites is 1. The van der Waals surface area contributed by atoms with E-state index in [0.717, 1.165) is 5.75 Å². The molecule has 0 aliphatic carbocycles. The normalized spacial score (nSPS) is 18.0. The van der Waals surface area contributed by atoms with Crippen LogP contribution in [0, 0.1) is 5.92 Å². The number of ether oxygens (including phenoxy) is 1. The van der Waals surface area contributed by atoms with Gasteiger partial charge >= 0.3 is 5.97 Å². The van der Waals surface area contributed by atoms with Gasteiger partial charge in [-0.05, 0) is 25.0 Å². The first-order chi connectivity index (χ1) is 9.66. The van der Waals surface area contributed by atoms with Crippen molar-refractivity contribution in [2.24, 2.45) is 5.92 Å². The summed E-state index contributed by atoms with van der Waals surface area (Å²) in [5, 5.41) is 8.90. The summed E-state index contributed by atoms with van der Waals surface area (Å²) in [6, 6.07) is 9.47. The Balaban J connectivity index is 1.65. The van der Waals surface area contributed by atoms with E-state index in [-0.39, 0.29) is 5.91 Å². The van der Waals surface area contributed by atoms with Crippen molar-refractivity contribution in [2.45, 2.75) is 19.3 Å². The van der Waals surface area contributed by atoms with E-state index in [1.807, 2.05) is 30.3 Å². The van der Waals surface area contributed by atoms with E-state index in [0.29, 0.717) is 39.0 Å². The van der Waals surface area contributed by atoms with Gasteiger partial charge in [-0.2, -0.15) is 0 Å². The zero-order valence-electron chi connectivity index (χ0n) is 11.3. The first kappa shape index (κ1) is 14.4. The lowest BCUT2D eigenvalue weighted by Crippen LogP contribution is -2.30. The molecular weight excluding hydrogens is 258 g/mol. The van der Waals surface area contributed by atoms with Gasteiger partial charge in [0.1, 0.15) is 5.75 Å². The minimum atomic E-state index is -0.812. The predicted octanol–water partition coefficient (Wildman–Crippen LogP) is 1.78. The number of benzene rings is 1. The van der Waals surface area contributed by atoms with Crippen LogP contribution in [0.4, 0.5) is 0 Å². The highest BCUT2D eigenvalue weighted by Gasteiger charge is 2.30. The van der Waals surface area contributed by atoms with E-state index in [2.05, 4.69) is 0 Å². The molecule has 1 unspecified atom stereocenters. The number of hydrogen-bond acceptors (Lipinski definition) is 3. The van der Waals surface area contributed by atoms with Crippen LogP contribution in [0.15, 0.2) is 30.3 Å². The third-order valence-electron chi connectivity index (χ3n) is 3.44. The quantitative estimate of drug-likeness (QED) is 0.805. The van der Waals surface area contributed by atoms with Gasteiger partial charge in [-0.1, -0.05) is 18.2 Å². The fraction of sp³-hybridized carbons (Fsp3) is 0.467. The Hall–Kier alpha value is -2.04. The molecule has 1 heterocycles. The van der Waals surface area contributed by atoms with Crippen LogP contribution in [-0.4, -0.2) is 41.6 Å². The van der Waals surface area contributed by atoms with Crippen LogP contribution < -0.4 is 4.74 Å². The Morgan fingerprint density at radius 1 is 1.30 bits per heavy atom. The van der Waals surface area contributed by atoms with Crippen LogP contribution in [0.25, 0.3) is 0 Å². The number of hydrogen-bond donors (Lipinski definition) is 1. The maximum absolute atomic E-state index is 11.9. The molecule has 0 bridgehead atoms. The van der Waals surface area contributed by atoms with Crippen molar-refractivity contribution in [3.63, 3.8) is 0 Å². The van der Waals surface area contributed by atoms with Gasteiger partial charge in [-0.25, -0.2) is 0 Å². The molecule has 5 heteroatoms. The molecule has 1 aromatic carbocycles. The van der Waals surface area contributed by atoms with Crippen molar-refractivity contribution in [3.05, 3.63) is 30.3 Å². The van der Waals surface area contributed by atoms with Gasteiger partial charge in [0.25, 0.3) is 0 Å². The highest BCUT2D eigenvalue weighted by molar-refractivity contribution is 5.78. The third kappa shape index (κ3) is 3.98. The fourth-order valence-electron chi connectivity index (χ4n) is 2.28. The second kappa shape index (κ2) is 6.93. The maximum atomic E-state index is 11.9. The lowest BCUT2D eigenvalue weighted by molar-refractivity contribution is -0.141. The number of carboxylic acid groups (broad SMARTS) is 1. The van der Waals surface area contributed by atoms with Crippen LogP contribution in [-0.2, 0) is 9.59 Å². The molecule has 1 aliphatic rings. The van der Waals surface area contributed by atoms with Gasteiger partial charge in [0, 0.05) is 19.5 Å². The van der Waals surface area contributed by atoms with Gasteiger partial charge in [0.15, 0.2) is 0 Å². The van der Waals surface area contributed by atoms with Gasteiger partial charge in [0.2, 0.25) is 5.91 Å². The predicted molar refractivity (Wildman–Crippen MR) is 73.5 cm³/mol. The summed E-state index contributed by atoms with van der Waals surface area (Å²) in [7, 11) is 0. The zero-order chi connectivity index (χ0) is 14.4. The van der Waals surface area contributed by atoms with Gasteiger partial charge in [-0.3, -0.25) is 9.59 Å². The summed E-state index contributed by atoms with van der Waals surface area (Å²) >= 11 is 0. The summed E-state index contributed by atoms with van der Waals surface area (Å²) < 4.78 is 5.51. The SMILES string of the molecule is O=C(O)C1CCN(C(=O)CCCOc2ccccc2)C1. The Morgan fingerprint density at radius 3 is 2.70 bits per heavy atom. The molecule has 1 atom stereocenters. The van der Waals surface area contributed by atoms with Gasteiger partial charge in [0.05, 0.1) is 12.5 Å². The van der Waals surface area contributed by atoms with E-state index >= 15 is 0 Å². The van der Waals surface area contributed by atoms with Crippen LogP contribution in [0.3, 0.4) is 0 Å². The second-order valence-corrected chi connectivity index (χ2v) is 4.93. The summed E-state index contributed by atoms with van der Waals surface area (Å²) in [5.41, 5.74) is 0. The van der Waals surface area contributed by atoms with Crippen molar-refractivity contribution < 1.29 is 19.4 Å². The summed E-state index contributed by atoms with van der Waals surface area (Å²) in [6.07, 6.45) is 1.60. The number of amides is 1. The van der Waals surface area contributed by atoms with Crippen molar-refractivity contribution in [1.29, 1.82) is 0 Å². The number of aliphatic carboxylic acids is 1. The molecule has 20 heavy (non-hydrogen) atoms.